The first kappa shape index (κ1) is 12.8. The minimum atomic E-state index is -0.373. The zero-order valence-electron chi connectivity index (χ0n) is 11.0. The molecule has 6 nitrogen and oxygen atoms in total. The third kappa shape index (κ3) is 2.70. The van der Waals surface area contributed by atoms with Gasteiger partial charge in [0.2, 0.25) is 0 Å². The van der Waals surface area contributed by atoms with E-state index in [9.17, 15) is 10.1 Å². The van der Waals surface area contributed by atoms with Crippen LogP contribution in [0.15, 0.2) is 30.5 Å². The van der Waals surface area contributed by atoms with E-state index in [0.717, 1.165) is 18.8 Å². The van der Waals surface area contributed by atoms with E-state index in [1.807, 2.05) is 0 Å². The van der Waals surface area contributed by atoms with Gasteiger partial charge in [-0.3, -0.25) is 15.1 Å². The Kier molecular flexibility index (Phi) is 3.47. The summed E-state index contributed by atoms with van der Waals surface area (Å²) in [5, 5.41) is 18.3. The van der Waals surface area contributed by atoms with Gasteiger partial charge in [-0.15, -0.1) is 0 Å². The van der Waals surface area contributed by atoms with Crippen molar-refractivity contribution < 1.29 is 4.92 Å². The minimum Gasteiger partial charge on any atom is -0.382 e. The molecule has 6 heteroatoms. The molecule has 2 aromatic rings. The Labute approximate surface area is 116 Å². The fourth-order valence-electron chi connectivity index (χ4n) is 2.22. The topological polar surface area (TPSA) is 80.1 Å². The van der Waals surface area contributed by atoms with Gasteiger partial charge < -0.3 is 10.6 Å². The normalized spacial score (nSPS) is 14.4. The van der Waals surface area contributed by atoms with Crippen molar-refractivity contribution in [2.24, 2.45) is 0 Å². The number of aromatic nitrogens is 1. The molecule has 1 aliphatic carbocycles. The summed E-state index contributed by atoms with van der Waals surface area (Å²) in [5.41, 5.74) is 1.58. The van der Waals surface area contributed by atoms with Crippen molar-refractivity contribution in [3.8, 4) is 0 Å². The maximum atomic E-state index is 11.0. The van der Waals surface area contributed by atoms with Crippen LogP contribution in [0.2, 0.25) is 0 Å². The van der Waals surface area contributed by atoms with Gasteiger partial charge in [0, 0.05) is 31.4 Å². The lowest BCUT2D eigenvalue weighted by Gasteiger charge is -2.09. The van der Waals surface area contributed by atoms with E-state index >= 15 is 0 Å². The number of fused-ring (bicyclic) bond motifs is 1. The Bertz CT molecular complexity index is 640. The van der Waals surface area contributed by atoms with Crippen LogP contribution in [-0.4, -0.2) is 29.0 Å². The number of nitrogens with one attached hydrogen (secondary N) is 2. The number of nitro benzene ring substituents is 1. The summed E-state index contributed by atoms with van der Waals surface area (Å²) < 4.78 is 0. The summed E-state index contributed by atoms with van der Waals surface area (Å²) in [7, 11) is 0. The van der Waals surface area contributed by atoms with Crippen LogP contribution < -0.4 is 10.6 Å². The molecule has 0 radical (unpaired) electrons. The maximum absolute atomic E-state index is 11.0. The zero-order valence-corrected chi connectivity index (χ0v) is 11.0. The molecule has 0 unspecified atom stereocenters. The van der Waals surface area contributed by atoms with Crippen molar-refractivity contribution in [2.45, 2.75) is 18.9 Å². The molecule has 2 N–H and O–H groups in total. The van der Waals surface area contributed by atoms with Crippen LogP contribution in [0.5, 0.6) is 0 Å². The Morgan fingerprint density at radius 1 is 1.30 bits per heavy atom. The van der Waals surface area contributed by atoms with Crippen LogP contribution in [0.25, 0.3) is 10.9 Å². The van der Waals surface area contributed by atoms with E-state index in [0.29, 0.717) is 16.9 Å². The summed E-state index contributed by atoms with van der Waals surface area (Å²) in [6.45, 7) is 1.66. The van der Waals surface area contributed by atoms with Gasteiger partial charge >= 0.3 is 0 Å². The summed E-state index contributed by atoms with van der Waals surface area (Å²) in [6, 6.07) is 7.39. The Morgan fingerprint density at radius 3 is 2.90 bits per heavy atom. The van der Waals surface area contributed by atoms with Crippen LogP contribution in [-0.2, 0) is 0 Å². The van der Waals surface area contributed by atoms with Gasteiger partial charge in [0.25, 0.3) is 5.69 Å². The summed E-state index contributed by atoms with van der Waals surface area (Å²) in [5.74, 6) is 0. The third-order valence-corrected chi connectivity index (χ3v) is 3.39. The first-order chi connectivity index (χ1) is 9.75. The molecule has 1 heterocycles. The quantitative estimate of drug-likeness (QED) is 0.479. The van der Waals surface area contributed by atoms with E-state index < -0.39 is 0 Å². The van der Waals surface area contributed by atoms with E-state index in [-0.39, 0.29) is 10.6 Å². The Morgan fingerprint density at radius 2 is 2.15 bits per heavy atom. The summed E-state index contributed by atoms with van der Waals surface area (Å²) in [4.78, 5) is 14.9. The molecule has 0 aliphatic heterocycles. The maximum Gasteiger partial charge on any atom is 0.278 e. The van der Waals surface area contributed by atoms with Crippen molar-refractivity contribution in [1.82, 2.24) is 10.3 Å². The number of hydrogen-bond donors (Lipinski definition) is 2. The second kappa shape index (κ2) is 5.42. The lowest BCUT2D eigenvalue weighted by atomic mass is 10.1. The Balaban J connectivity index is 1.79. The highest BCUT2D eigenvalue weighted by Gasteiger charge is 2.19. The second-order valence-electron chi connectivity index (χ2n) is 4.94. The van der Waals surface area contributed by atoms with E-state index in [4.69, 9.17) is 0 Å². The monoisotopic (exact) mass is 272 g/mol. The van der Waals surface area contributed by atoms with Crippen LogP contribution in [0.1, 0.15) is 12.8 Å². The SMILES string of the molecule is O=[N+]([O-])c1ccc(NCCNC2CC2)c2ncccc12. The molecule has 1 aliphatic rings. The van der Waals surface area contributed by atoms with Crippen molar-refractivity contribution in [3.63, 3.8) is 0 Å². The van der Waals surface area contributed by atoms with E-state index in [2.05, 4.69) is 15.6 Å². The highest BCUT2D eigenvalue weighted by atomic mass is 16.6. The van der Waals surface area contributed by atoms with E-state index in [1.165, 1.54) is 18.9 Å². The average Bonchev–Trinajstić information content (AvgIpc) is 3.27. The molecule has 0 saturated heterocycles. The molecule has 1 aromatic heterocycles. The zero-order chi connectivity index (χ0) is 13.9. The van der Waals surface area contributed by atoms with Crippen LogP contribution >= 0.6 is 0 Å². The molecular weight excluding hydrogens is 256 g/mol. The molecule has 0 amide bonds. The van der Waals surface area contributed by atoms with Gasteiger partial charge in [0.15, 0.2) is 0 Å². The van der Waals surface area contributed by atoms with Gasteiger partial charge in [0.1, 0.15) is 5.52 Å². The number of nitrogens with zero attached hydrogens (tertiary/aromatic N) is 2. The third-order valence-electron chi connectivity index (χ3n) is 3.39. The number of non-ortho nitro benzene ring substituents is 1. The van der Waals surface area contributed by atoms with Gasteiger partial charge in [-0.05, 0) is 31.0 Å². The molecule has 20 heavy (non-hydrogen) atoms. The fraction of sp³-hybridized carbons (Fsp3) is 0.357. The average molecular weight is 272 g/mol. The molecule has 0 atom stereocenters. The first-order valence-corrected chi connectivity index (χ1v) is 6.75. The molecule has 0 bridgehead atoms. The lowest BCUT2D eigenvalue weighted by molar-refractivity contribution is -0.383. The number of benzene rings is 1. The van der Waals surface area contributed by atoms with Gasteiger partial charge in [0.05, 0.1) is 16.0 Å². The van der Waals surface area contributed by atoms with Crippen molar-refractivity contribution >= 4 is 22.3 Å². The number of nitro groups is 1. The standard InChI is InChI=1S/C14H16N4O2/c19-18(20)13-6-5-12(14-11(13)2-1-7-17-14)16-9-8-15-10-3-4-10/h1-2,5-7,10,15-16H,3-4,8-9H2. The lowest BCUT2D eigenvalue weighted by Crippen LogP contribution is -2.24. The van der Waals surface area contributed by atoms with E-state index in [1.54, 1.807) is 24.4 Å². The largest absolute Gasteiger partial charge is 0.382 e. The molecule has 1 fully saturated rings. The number of hydrogen-bond acceptors (Lipinski definition) is 5. The smallest absolute Gasteiger partial charge is 0.278 e. The predicted molar refractivity (Wildman–Crippen MR) is 77.9 cm³/mol. The molecular formula is C14H16N4O2. The number of pyridine rings is 1. The van der Waals surface area contributed by atoms with Crippen molar-refractivity contribution in [2.75, 3.05) is 18.4 Å². The van der Waals surface area contributed by atoms with Crippen molar-refractivity contribution in [1.29, 1.82) is 0 Å². The number of anilines is 1. The van der Waals surface area contributed by atoms with Crippen LogP contribution in [0.3, 0.4) is 0 Å². The fourth-order valence-corrected chi connectivity index (χ4v) is 2.22. The predicted octanol–water partition coefficient (Wildman–Crippen LogP) is 2.31. The second-order valence-corrected chi connectivity index (χ2v) is 4.94. The highest BCUT2D eigenvalue weighted by molar-refractivity contribution is 5.96. The van der Waals surface area contributed by atoms with Gasteiger partial charge in [-0.2, -0.15) is 0 Å². The summed E-state index contributed by atoms with van der Waals surface area (Å²) in [6.07, 6.45) is 4.18. The molecule has 3 rings (SSSR count). The van der Waals surface area contributed by atoms with Crippen LogP contribution in [0, 0.1) is 10.1 Å². The minimum absolute atomic E-state index is 0.0924. The highest BCUT2D eigenvalue weighted by Crippen LogP contribution is 2.29. The number of rotatable bonds is 6. The van der Waals surface area contributed by atoms with Crippen LogP contribution in [0.4, 0.5) is 11.4 Å². The molecule has 104 valence electrons. The van der Waals surface area contributed by atoms with Gasteiger partial charge in [-0.25, -0.2) is 0 Å². The molecule has 1 saturated carbocycles. The Hall–Kier alpha value is -2.21. The first-order valence-electron chi connectivity index (χ1n) is 6.75. The van der Waals surface area contributed by atoms with Crippen molar-refractivity contribution in [3.05, 3.63) is 40.6 Å². The summed E-state index contributed by atoms with van der Waals surface area (Å²) >= 11 is 0. The molecule has 0 spiro atoms. The van der Waals surface area contributed by atoms with Gasteiger partial charge in [-0.1, -0.05) is 0 Å². The molecule has 1 aromatic carbocycles.